The highest BCUT2D eigenvalue weighted by atomic mass is 32.1. The Morgan fingerprint density at radius 1 is 1.45 bits per heavy atom. The Labute approximate surface area is 124 Å². The van der Waals surface area contributed by atoms with Gasteiger partial charge in [0.25, 0.3) is 5.91 Å². The lowest BCUT2D eigenvalue weighted by Gasteiger charge is -2.04. The van der Waals surface area contributed by atoms with Crippen LogP contribution in [0.1, 0.15) is 41.4 Å². The van der Waals surface area contributed by atoms with Crippen LogP contribution in [-0.2, 0) is 4.74 Å². The van der Waals surface area contributed by atoms with Gasteiger partial charge in [0.1, 0.15) is 0 Å². The zero-order chi connectivity index (χ0) is 14.6. The predicted molar refractivity (Wildman–Crippen MR) is 82.9 cm³/mol. The van der Waals surface area contributed by atoms with Gasteiger partial charge < -0.3 is 15.8 Å². The van der Waals surface area contributed by atoms with Gasteiger partial charge in [0, 0.05) is 25.1 Å². The second kappa shape index (κ2) is 10.4. The van der Waals surface area contributed by atoms with Gasteiger partial charge in [0.05, 0.1) is 17.0 Å². The molecule has 0 fully saturated rings. The molecule has 0 aliphatic rings. The summed E-state index contributed by atoms with van der Waals surface area (Å²) in [7, 11) is 0. The van der Waals surface area contributed by atoms with Crippen LogP contribution in [0.2, 0.25) is 0 Å². The Balaban J connectivity index is 2.20. The number of unbranched alkanes of at least 4 members (excludes halogenated alkanes) is 1. The van der Waals surface area contributed by atoms with Crippen LogP contribution in [0.3, 0.4) is 0 Å². The standard InChI is InChI=1S/C15H22N2O2S/c1-2-3-9-19-10-5-8-17-15(18)13-11-14(20-12-13)6-4-7-16/h11-12H,2-3,5,7-10,16H2,1H3,(H,17,18). The smallest absolute Gasteiger partial charge is 0.252 e. The maximum Gasteiger partial charge on any atom is 0.252 e. The number of carbonyl (C=O) groups excluding carboxylic acids is 1. The summed E-state index contributed by atoms with van der Waals surface area (Å²) in [6, 6.07) is 1.79. The summed E-state index contributed by atoms with van der Waals surface area (Å²) in [5.74, 6) is 5.63. The van der Waals surface area contributed by atoms with Crippen LogP contribution in [-0.4, -0.2) is 32.2 Å². The molecule has 0 saturated carbocycles. The molecule has 5 heteroatoms. The van der Waals surface area contributed by atoms with Crippen molar-refractivity contribution in [3.63, 3.8) is 0 Å². The van der Waals surface area contributed by atoms with Crippen molar-refractivity contribution in [1.29, 1.82) is 0 Å². The molecule has 1 aromatic heterocycles. The molecule has 0 saturated heterocycles. The van der Waals surface area contributed by atoms with Gasteiger partial charge in [0.2, 0.25) is 0 Å². The number of rotatable bonds is 8. The molecule has 0 atom stereocenters. The van der Waals surface area contributed by atoms with Gasteiger partial charge in [-0.25, -0.2) is 0 Å². The van der Waals surface area contributed by atoms with Crippen molar-refractivity contribution in [1.82, 2.24) is 5.32 Å². The van der Waals surface area contributed by atoms with Crippen molar-refractivity contribution in [2.24, 2.45) is 5.73 Å². The van der Waals surface area contributed by atoms with E-state index in [0.717, 1.165) is 30.7 Å². The molecule has 1 amide bonds. The summed E-state index contributed by atoms with van der Waals surface area (Å²) in [6.45, 7) is 4.59. The number of nitrogens with two attached hydrogens (primary N) is 1. The van der Waals surface area contributed by atoms with Crippen molar-refractivity contribution >= 4 is 17.2 Å². The normalized spacial score (nSPS) is 9.90. The van der Waals surface area contributed by atoms with E-state index in [9.17, 15) is 4.79 Å². The lowest BCUT2D eigenvalue weighted by Crippen LogP contribution is -2.24. The summed E-state index contributed by atoms with van der Waals surface area (Å²) in [5.41, 5.74) is 5.96. The third kappa shape index (κ3) is 6.71. The van der Waals surface area contributed by atoms with Crippen LogP contribution in [0.5, 0.6) is 0 Å². The highest BCUT2D eigenvalue weighted by Gasteiger charge is 2.06. The fraction of sp³-hybridized carbons (Fsp3) is 0.533. The number of ether oxygens (including phenoxy) is 1. The zero-order valence-corrected chi connectivity index (χ0v) is 12.7. The van der Waals surface area contributed by atoms with Crippen LogP contribution in [0.15, 0.2) is 11.4 Å². The number of nitrogens with one attached hydrogen (secondary N) is 1. The SMILES string of the molecule is CCCCOCCCNC(=O)c1csc(C#CCN)c1. The first-order valence-corrected chi connectivity index (χ1v) is 7.79. The van der Waals surface area contributed by atoms with Crippen LogP contribution in [0.25, 0.3) is 0 Å². The van der Waals surface area contributed by atoms with Gasteiger partial charge in [-0.1, -0.05) is 25.2 Å². The van der Waals surface area contributed by atoms with Gasteiger partial charge in [-0.2, -0.15) is 0 Å². The molecule has 1 rings (SSSR count). The third-order valence-electron chi connectivity index (χ3n) is 2.57. The molecular formula is C15H22N2O2S. The number of thiophene rings is 1. The van der Waals surface area contributed by atoms with Gasteiger partial charge in [-0.15, -0.1) is 11.3 Å². The van der Waals surface area contributed by atoms with E-state index in [0.29, 0.717) is 25.3 Å². The molecule has 0 unspecified atom stereocenters. The molecule has 1 heterocycles. The van der Waals surface area contributed by atoms with Gasteiger partial charge in [-0.3, -0.25) is 4.79 Å². The fourth-order valence-corrected chi connectivity index (χ4v) is 2.24. The van der Waals surface area contributed by atoms with Crippen LogP contribution >= 0.6 is 11.3 Å². The first kappa shape index (κ1) is 16.7. The molecule has 0 bridgehead atoms. The Bertz CT molecular complexity index is 460. The summed E-state index contributed by atoms with van der Waals surface area (Å²) < 4.78 is 5.43. The molecule has 0 aliphatic carbocycles. The molecular weight excluding hydrogens is 272 g/mol. The van der Waals surface area contributed by atoms with E-state index in [2.05, 4.69) is 24.1 Å². The molecule has 0 spiro atoms. The minimum atomic E-state index is -0.0596. The Morgan fingerprint density at radius 3 is 3.00 bits per heavy atom. The Hall–Kier alpha value is -1.35. The van der Waals surface area contributed by atoms with E-state index in [4.69, 9.17) is 10.5 Å². The fourth-order valence-electron chi connectivity index (χ4n) is 1.49. The highest BCUT2D eigenvalue weighted by Crippen LogP contribution is 2.13. The van der Waals surface area contributed by atoms with E-state index < -0.39 is 0 Å². The summed E-state index contributed by atoms with van der Waals surface area (Å²) in [4.78, 5) is 12.7. The maximum atomic E-state index is 11.8. The zero-order valence-electron chi connectivity index (χ0n) is 11.9. The van der Waals surface area contributed by atoms with Crippen LogP contribution in [0.4, 0.5) is 0 Å². The van der Waals surface area contributed by atoms with E-state index >= 15 is 0 Å². The van der Waals surface area contributed by atoms with Gasteiger partial charge >= 0.3 is 0 Å². The largest absolute Gasteiger partial charge is 0.381 e. The summed E-state index contributed by atoms with van der Waals surface area (Å²) >= 11 is 1.46. The lowest BCUT2D eigenvalue weighted by molar-refractivity contribution is 0.0941. The van der Waals surface area contributed by atoms with Crippen molar-refractivity contribution in [2.75, 3.05) is 26.3 Å². The van der Waals surface area contributed by atoms with Crippen molar-refractivity contribution in [3.05, 3.63) is 21.9 Å². The van der Waals surface area contributed by atoms with Crippen molar-refractivity contribution in [3.8, 4) is 11.8 Å². The molecule has 0 aromatic carbocycles. The van der Waals surface area contributed by atoms with Crippen molar-refractivity contribution < 1.29 is 9.53 Å². The molecule has 3 N–H and O–H groups in total. The number of carbonyl (C=O) groups is 1. The second-order valence-corrected chi connectivity index (χ2v) is 5.19. The first-order chi connectivity index (χ1) is 9.77. The Morgan fingerprint density at radius 2 is 2.25 bits per heavy atom. The average molecular weight is 294 g/mol. The van der Waals surface area contributed by atoms with Crippen LogP contribution in [0, 0.1) is 11.8 Å². The quantitative estimate of drug-likeness (QED) is 0.569. The molecule has 0 aliphatic heterocycles. The average Bonchev–Trinajstić information content (AvgIpc) is 2.93. The number of hydrogen-bond donors (Lipinski definition) is 2. The van der Waals surface area contributed by atoms with Crippen molar-refractivity contribution in [2.45, 2.75) is 26.2 Å². The van der Waals surface area contributed by atoms with Gasteiger partial charge in [-0.05, 0) is 18.9 Å². The van der Waals surface area contributed by atoms with E-state index in [1.54, 1.807) is 6.07 Å². The summed E-state index contributed by atoms with van der Waals surface area (Å²) in [6.07, 6.45) is 3.07. The van der Waals surface area contributed by atoms with E-state index in [-0.39, 0.29) is 5.91 Å². The monoisotopic (exact) mass is 294 g/mol. The topological polar surface area (TPSA) is 64.3 Å². The molecule has 20 heavy (non-hydrogen) atoms. The predicted octanol–water partition coefficient (Wildman–Crippen LogP) is 1.99. The third-order valence-corrected chi connectivity index (χ3v) is 3.41. The maximum absolute atomic E-state index is 11.8. The van der Waals surface area contributed by atoms with E-state index in [1.165, 1.54) is 11.3 Å². The molecule has 0 radical (unpaired) electrons. The Kier molecular flexibility index (Phi) is 8.72. The lowest BCUT2D eigenvalue weighted by atomic mass is 10.3. The highest BCUT2D eigenvalue weighted by molar-refractivity contribution is 7.10. The summed E-state index contributed by atoms with van der Waals surface area (Å²) in [5, 5.41) is 4.69. The number of hydrogen-bond acceptors (Lipinski definition) is 4. The molecule has 110 valence electrons. The molecule has 4 nitrogen and oxygen atoms in total. The number of amides is 1. The second-order valence-electron chi connectivity index (χ2n) is 4.28. The first-order valence-electron chi connectivity index (χ1n) is 6.91. The minimum absolute atomic E-state index is 0.0596. The van der Waals surface area contributed by atoms with Gasteiger partial charge in [0.15, 0.2) is 0 Å². The van der Waals surface area contributed by atoms with E-state index in [1.807, 2.05) is 5.38 Å². The van der Waals surface area contributed by atoms with Crippen LogP contribution < -0.4 is 11.1 Å². The minimum Gasteiger partial charge on any atom is -0.381 e. The molecule has 1 aromatic rings.